The van der Waals surface area contributed by atoms with E-state index in [9.17, 15) is 14.7 Å². The summed E-state index contributed by atoms with van der Waals surface area (Å²) in [5.74, 6) is 0.993. The molecule has 1 atom stereocenters. The van der Waals surface area contributed by atoms with Crippen molar-refractivity contribution in [2.45, 2.75) is 6.10 Å². The summed E-state index contributed by atoms with van der Waals surface area (Å²) in [5, 5.41) is 14.1. The number of halogens is 1. The van der Waals surface area contributed by atoms with Gasteiger partial charge in [0.05, 0.1) is 31.2 Å². The van der Waals surface area contributed by atoms with E-state index in [4.69, 9.17) is 4.74 Å². The van der Waals surface area contributed by atoms with Gasteiger partial charge in [-0.2, -0.15) is 0 Å². The molecule has 2 aliphatic heterocycles. The number of nitrogens with zero attached hydrogens (tertiary/aromatic N) is 2. The highest BCUT2D eigenvalue weighted by Gasteiger charge is 2.25. The molecule has 0 radical (unpaired) electrons. The Kier molecular flexibility index (Phi) is 9.45. The predicted molar refractivity (Wildman–Crippen MR) is 169 cm³/mol. The van der Waals surface area contributed by atoms with E-state index >= 15 is 0 Å². The van der Waals surface area contributed by atoms with E-state index in [2.05, 4.69) is 43.4 Å². The van der Waals surface area contributed by atoms with E-state index in [1.807, 2.05) is 48.6 Å². The van der Waals surface area contributed by atoms with E-state index in [1.54, 1.807) is 19.3 Å². The summed E-state index contributed by atoms with van der Waals surface area (Å²) in [7, 11) is 1.61. The number of Topliss-reactive ketones (excluding diaryl/α,β-unsaturated/α-hetero) is 1. The standard InChI is InChI=1S/C32H32BrN3O4S/c1-3-21-7-10-25(24-12-9-22(40-2)8-11-23(21)24)29(37)18-35-13-15-36(16-14-35)19-30(38)26-5-4-6-28-31(17-27(26)33)41-20-32(39)34-28/h3-8,10-12,17,29,37H,1,13-16,18-20H2,2H3,(H,34,39)/b5-4+,6-4?,26-5?,27-17?,27-26-,28-6-,31-17+. The van der Waals surface area contributed by atoms with Crippen LogP contribution in [0, 0.1) is 0 Å². The monoisotopic (exact) mass is 633 g/mol. The molecular formula is C32H32BrN3O4S. The molecule has 0 aromatic heterocycles. The highest BCUT2D eigenvalue weighted by Crippen LogP contribution is 2.33. The molecule has 4 aliphatic rings. The molecule has 9 heteroatoms. The molecule has 1 aromatic carbocycles. The number of ether oxygens (including phenoxy) is 1. The van der Waals surface area contributed by atoms with Gasteiger partial charge in [0.2, 0.25) is 5.91 Å². The average molecular weight is 635 g/mol. The molecule has 0 spiro atoms. The van der Waals surface area contributed by atoms with Crippen LogP contribution in [-0.2, 0) is 14.3 Å². The Labute approximate surface area is 253 Å². The van der Waals surface area contributed by atoms with Crippen molar-refractivity contribution in [2.75, 3.05) is 52.1 Å². The fraction of sp³-hybridized carbons (Fsp3) is 0.281. The van der Waals surface area contributed by atoms with Crippen LogP contribution in [0.3, 0.4) is 0 Å². The van der Waals surface area contributed by atoms with Gasteiger partial charge in [-0.25, -0.2) is 0 Å². The van der Waals surface area contributed by atoms with Crippen LogP contribution in [0.1, 0.15) is 28.4 Å². The molecule has 2 heterocycles. The van der Waals surface area contributed by atoms with Crippen molar-refractivity contribution < 1.29 is 19.4 Å². The minimum Gasteiger partial charge on any atom is -0.489 e. The number of aliphatic hydroxyl groups is 1. The number of carbonyl (C=O) groups is 2. The molecule has 1 amide bonds. The number of carbonyl (C=O) groups excluding carboxylic acids is 2. The predicted octanol–water partition coefficient (Wildman–Crippen LogP) is 4.57. The van der Waals surface area contributed by atoms with Crippen LogP contribution >= 0.6 is 27.7 Å². The second-order valence-electron chi connectivity index (χ2n) is 10.0. The third kappa shape index (κ3) is 6.84. The topological polar surface area (TPSA) is 82.1 Å². The zero-order valence-electron chi connectivity index (χ0n) is 22.9. The first kappa shape index (κ1) is 29.3. The smallest absolute Gasteiger partial charge is 0.234 e. The molecule has 1 unspecified atom stereocenters. The normalized spacial score (nSPS) is 25.0. The summed E-state index contributed by atoms with van der Waals surface area (Å²) >= 11 is 5.05. The molecule has 7 nitrogen and oxygen atoms in total. The van der Waals surface area contributed by atoms with Gasteiger partial charge < -0.3 is 15.2 Å². The summed E-state index contributed by atoms with van der Waals surface area (Å²) in [6, 6.07) is 3.94. The minimum atomic E-state index is -0.680. The van der Waals surface area contributed by atoms with Gasteiger partial charge in [0.15, 0.2) is 11.5 Å². The highest BCUT2D eigenvalue weighted by atomic mass is 79.9. The summed E-state index contributed by atoms with van der Waals surface area (Å²) < 4.78 is 6.06. The number of piperazine rings is 1. The van der Waals surface area contributed by atoms with Crippen molar-refractivity contribution >= 4 is 57.6 Å². The lowest BCUT2D eigenvalue weighted by Crippen LogP contribution is -2.49. The lowest BCUT2D eigenvalue weighted by molar-refractivity contribution is -0.118. The van der Waals surface area contributed by atoms with Gasteiger partial charge in [-0.1, -0.05) is 58.6 Å². The van der Waals surface area contributed by atoms with Gasteiger partial charge in [-0.05, 0) is 52.6 Å². The Morgan fingerprint density at radius 1 is 1.22 bits per heavy atom. The molecule has 5 rings (SSSR count). The van der Waals surface area contributed by atoms with Gasteiger partial charge >= 0.3 is 0 Å². The van der Waals surface area contributed by atoms with Crippen molar-refractivity contribution in [2.24, 2.45) is 0 Å². The van der Waals surface area contributed by atoms with Gasteiger partial charge in [-0.3, -0.25) is 19.4 Å². The van der Waals surface area contributed by atoms with Crippen LogP contribution in [0.2, 0.25) is 0 Å². The van der Waals surface area contributed by atoms with E-state index in [1.165, 1.54) is 11.8 Å². The largest absolute Gasteiger partial charge is 0.489 e. The maximum Gasteiger partial charge on any atom is 0.234 e. The molecule has 212 valence electrons. The quantitative estimate of drug-likeness (QED) is 0.406. The number of fused-ring (bicyclic) bond motifs is 2. The number of hydrogen-bond acceptors (Lipinski definition) is 7. The van der Waals surface area contributed by atoms with Crippen molar-refractivity contribution in [1.29, 1.82) is 0 Å². The maximum absolute atomic E-state index is 13.3. The summed E-state index contributed by atoms with van der Waals surface area (Å²) in [6.45, 7) is 7.71. The Balaban J connectivity index is 1.20. The second kappa shape index (κ2) is 13.2. The lowest BCUT2D eigenvalue weighted by atomic mass is 9.92. The number of aliphatic hydroxyl groups excluding tert-OH is 1. The van der Waals surface area contributed by atoms with E-state index < -0.39 is 6.10 Å². The zero-order chi connectivity index (χ0) is 28.9. The third-order valence-electron chi connectivity index (χ3n) is 7.42. The second-order valence-corrected chi connectivity index (χ2v) is 11.9. The number of ketones is 1. The first-order valence-corrected chi connectivity index (χ1v) is 15.2. The molecule has 41 heavy (non-hydrogen) atoms. The molecule has 2 aliphatic carbocycles. The first-order chi connectivity index (χ1) is 19.9. The van der Waals surface area contributed by atoms with E-state index in [0.717, 1.165) is 59.0 Å². The maximum atomic E-state index is 13.3. The zero-order valence-corrected chi connectivity index (χ0v) is 25.3. The highest BCUT2D eigenvalue weighted by molar-refractivity contribution is 9.12. The number of allylic oxidation sites excluding steroid dienone is 6. The van der Waals surface area contributed by atoms with Crippen LogP contribution in [0.4, 0.5) is 0 Å². The van der Waals surface area contributed by atoms with Crippen LogP contribution in [0.5, 0.6) is 0 Å². The number of nitrogens with one attached hydrogen (secondary N) is 1. The molecule has 2 saturated heterocycles. The average Bonchev–Trinajstić information content (AvgIpc) is 3.19. The van der Waals surface area contributed by atoms with Crippen molar-refractivity contribution in [3.05, 3.63) is 103 Å². The fourth-order valence-corrected chi connectivity index (χ4v) is 6.74. The molecular weight excluding hydrogens is 602 g/mol. The van der Waals surface area contributed by atoms with E-state index in [-0.39, 0.29) is 11.7 Å². The number of β-amino-alcohol motifs (C(OH)–C–C–N with tert-alkyl or cyclic N) is 1. The van der Waals surface area contributed by atoms with Crippen LogP contribution in [0.25, 0.3) is 18.2 Å². The molecule has 1 aromatic rings. The Bertz CT molecular complexity index is 1490. The molecule has 2 fully saturated rings. The van der Waals surface area contributed by atoms with Gasteiger partial charge in [0, 0.05) is 47.7 Å². The number of thioether (sulfide) groups is 1. The molecule has 2 N–H and O–H groups in total. The Morgan fingerprint density at radius 3 is 2.76 bits per heavy atom. The number of amides is 1. The van der Waals surface area contributed by atoms with Crippen LogP contribution < -0.4 is 5.32 Å². The minimum absolute atomic E-state index is 0.0253. The van der Waals surface area contributed by atoms with Gasteiger partial charge in [0.25, 0.3) is 0 Å². The van der Waals surface area contributed by atoms with E-state index in [0.29, 0.717) is 34.7 Å². The fourth-order valence-electron chi connectivity index (χ4n) is 5.18. The van der Waals surface area contributed by atoms with Crippen LogP contribution in [-0.4, -0.2) is 78.7 Å². The Morgan fingerprint density at radius 2 is 2.00 bits per heavy atom. The third-order valence-corrected chi connectivity index (χ3v) is 9.13. The van der Waals surface area contributed by atoms with Gasteiger partial charge in [0.1, 0.15) is 0 Å². The number of hydrogen-bond donors (Lipinski definition) is 2. The number of methoxy groups -OCH3 is 1. The van der Waals surface area contributed by atoms with Gasteiger partial charge in [-0.15, -0.1) is 11.8 Å². The summed E-state index contributed by atoms with van der Waals surface area (Å²) in [4.78, 5) is 30.3. The SMILES string of the molecule is C=Cc1ccc(C(O)CN2CCN(CC(=O)C3=C(Br)/C=C4/SCC(=O)N/C4=C\C=C\3)CC2)c2c1C=CC(OC)=C=C2. The molecule has 0 saturated carbocycles. The Hall–Kier alpha value is -3.17. The van der Waals surface area contributed by atoms with Crippen molar-refractivity contribution in [3.8, 4) is 0 Å². The summed E-state index contributed by atoms with van der Waals surface area (Å²) in [6.07, 6.45) is 14.2. The van der Waals surface area contributed by atoms with Crippen LogP contribution in [0.15, 0.2) is 81.2 Å². The van der Waals surface area contributed by atoms with Crippen molar-refractivity contribution in [3.63, 3.8) is 0 Å². The molecule has 0 bridgehead atoms. The summed E-state index contributed by atoms with van der Waals surface area (Å²) in [5.41, 5.74) is 8.25. The number of benzene rings is 1. The lowest BCUT2D eigenvalue weighted by Gasteiger charge is -2.35. The first-order valence-electron chi connectivity index (χ1n) is 13.4. The number of rotatable bonds is 8. The van der Waals surface area contributed by atoms with Crippen molar-refractivity contribution in [1.82, 2.24) is 15.1 Å².